The van der Waals surface area contributed by atoms with E-state index < -0.39 is 6.04 Å². The second-order valence-corrected chi connectivity index (χ2v) is 8.24. The summed E-state index contributed by atoms with van der Waals surface area (Å²) in [6.45, 7) is 0.588. The summed E-state index contributed by atoms with van der Waals surface area (Å²) < 4.78 is 13.2. The Morgan fingerprint density at radius 1 is 0.941 bits per heavy atom. The summed E-state index contributed by atoms with van der Waals surface area (Å²) in [6, 6.07) is 25.7. The second-order valence-electron chi connectivity index (χ2n) is 8.24. The van der Waals surface area contributed by atoms with Crippen LogP contribution in [0.2, 0.25) is 0 Å². The first-order valence-electron chi connectivity index (χ1n) is 11.3. The van der Waals surface area contributed by atoms with E-state index in [1.807, 2.05) is 66.9 Å². The summed E-state index contributed by atoms with van der Waals surface area (Å²) in [6.07, 6.45) is 6.06. The summed E-state index contributed by atoms with van der Waals surface area (Å²) >= 11 is 0. The van der Waals surface area contributed by atoms with Gasteiger partial charge in [-0.05, 0) is 47.4 Å². The average Bonchev–Trinajstić information content (AvgIpc) is 3.32. The molecule has 34 heavy (non-hydrogen) atoms. The lowest BCUT2D eigenvalue weighted by Gasteiger charge is -2.18. The quantitative estimate of drug-likeness (QED) is 0.280. The predicted molar refractivity (Wildman–Crippen MR) is 133 cm³/mol. The van der Waals surface area contributed by atoms with Crippen LogP contribution in [0.1, 0.15) is 27.5 Å². The number of carbonyl (C=O) groups excluding carboxylic acids is 1. The zero-order chi connectivity index (χ0) is 23.3. The van der Waals surface area contributed by atoms with Gasteiger partial charge in [0.05, 0.1) is 6.04 Å². The summed E-state index contributed by atoms with van der Waals surface area (Å²) in [7, 11) is 0. The number of Topliss-reactive ketones (excluding diaryl/α,β-unsaturated/α-hetero) is 1. The van der Waals surface area contributed by atoms with Gasteiger partial charge < -0.3 is 10.3 Å². The van der Waals surface area contributed by atoms with Gasteiger partial charge in [-0.3, -0.25) is 9.78 Å². The van der Waals surface area contributed by atoms with Crippen LogP contribution in [0.4, 0.5) is 4.39 Å². The molecule has 0 aliphatic rings. The van der Waals surface area contributed by atoms with Crippen molar-refractivity contribution in [3.63, 3.8) is 0 Å². The highest BCUT2D eigenvalue weighted by Gasteiger charge is 2.24. The molecule has 5 rings (SSSR count). The molecule has 0 fully saturated rings. The molecule has 0 radical (unpaired) electrons. The second kappa shape index (κ2) is 9.81. The smallest absolute Gasteiger partial charge is 0.186 e. The van der Waals surface area contributed by atoms with Crippen molar-refractivity contribution >= 4 is 16.7 Å². The van der Waals surface area contributed by atoms with E-state index in [9.17, 15) is 9.18 Å². The molecule has 0 amide bonds. The van der Waals surface area contributed by atoms with Crippen LogP contribution in [0.3, 0.4) is 0 Å². The predicted octanol–water partition coefficient (Wildman–Crippen LogP) is 6.13. The zero-order valence-corrected chi connectivity index (χ0v) is 18.5. The van der Waals surface area contributed by atoms with E-state index >= 15 is 0 Å². The van der Waals surface area contributed by atoms with Gasteiger partial charge in [0.15, 0.2) is 5.78 Å². The van der Waals surface area contributed by atoms with Crippen molar-refractivity contribution < 1.29 is 9.18 Å². The van der Waals surface area contributed by atoms with E-state index in [1.54, 1.807) is 24.5 Å². The topological polar surface area (TPSA) is 57.8 Å². The van der Waals surface area contributed by atoms with Crippen molar-refractivity contribution in [1.29, 1.82) is 0 Å². The van der Waals surface area contributed by atoms with E-state index in [0.717, 1.165) is 33.2 Å². The molecule has 5 aromatic rings. The van der Waals surface area contributed by atoms with E-state index in [0.29, 0.717) is 18.5 Å². The number of H-pyrrole nitrogens is 1. The Hall–Kier alpha value is -4.09. The van der Waals surface area contributed by atoms with Gasteiger partial charge in [0.25, 0.3) is 0 Å². The summed E-state index contributed by atoms with van der Waals surface area (Å²) in [5, 5.41) is 4.31. The molecule has 0 unspecified atom stereocenters. The normalized spacial score (nSPS) is 12.0. The molecule has 1 atom stereocenters. The molecule has 2 N–H and O–H groups in total. The van der Waals surface area contributed by atoms with Gasteiger partial charge in [0.1, 0.15) is 5.82 Å². The number of hydrogen-bond acceptors (Lipinski definition) is 3. The highest BCUT2D eigenvalue weighted by atomic mass is 19.1. The first kappa shape index (κ1) is 21.7. The average molecular weight is 450 g/mol. The molecule has 0 bridgehead atoms. The van der Waals surface area contributed by atoms with Crippen molar-refractivity contribution in [3.8, 4) is 11.1 Å². The summed E-state index contributed by atoms with van der Waals surface area (Å²) in [5.41, 5.74) is 5.55. The lowest BCUT2D eigenvalue weighted by Crippen LogP contribution is -2.30. The highest BCUT2D eigenvalue weighted by Crippen LogP contribution is 2.28. The minimum atomic E-state index is -0.487. The number of hydrogen-bond donors (Lipinski definition) is 2. The van der Waals surface area contributed by atoms with Gasteiger partial charge in [0.2, 0.25) is 0 Å². The SMILES string of the molecule is O=C(c1c[nH]c2cc(-c3cccnc3)ccc12)[C@H](NCCc1ccc(F)cc1)c1ccccc1. The summed E-state index contributed by atoms with van der Waals surface area (Å²) in [4.78, 5) is 21.2. The monoisotopic (exact) mass is 449 g/mol. The maximum atomic E-state index is 13.7. The van der Waals surface area contributed by atoms with E-state index in [2.05, 4.69) is 15.3 Å². The largest absolute Gasteiger partial charge is 0.360 e. The van der Waals surface area contributed by atoms with Crippen molar-refractivity contribution in [2.24, 2.45) is 0 Å². The van der Waals surface area contributed by atoms with Crippen LogP contribution < -0.4 is 5.32 Å². The molecule has 5 heteroatoms. The Labute approximate surface area is 197 Å². The highest BCUT2D eigenvalue weighted by molar-refractivity contribution is 6.11. The van der Waals surface area contributed by atoms with E-state index in [1.165, 1.54) is 12.1 Å². The van der Waals surface area contributed by atoms with Crippen molar-refractivity contribution in [2.75, 3.05) is 6.54 Å². The molecule has 0 aliphatic carbocycles. The van der Waals surface area contributed by atoms with Gasteiger partial charge in [0, 0.05) is 47.2 Å². The van der Waals surface area contributed by atoms with Crippen molar-refractivity contribution in [1.82, 2.24) is 15.3 Å². The minimum absolute atomic E-state index is 0.00526. The number of ketones is 1. The minimum Gasteiger partial charge on any atom is -0.360 e. The molecule has 2 heterocycles. The molecule has 168 valence electrons. The van der Waals surface area contributed by atoms with Gasteiger partial charge in [-0.25, -0.2) is 4.39 Å². The molecule has 0 spiro atoms. The first-order chi connectivity index (χ1) is 16.7. The van der Waals surface area contributed by atoms with Crippen LogP contribution in [0, 0.1) is 5.82 Å². The zero-order valence-electron chi connectivity index (χ0n) is 18.5. The van der Waals surface area contributed by atoms with Crippen LogP contribution in [0.5, 0.6) is 0 Å². The van der Waals surface area contributed by atoms with E-state index in [4.69, 9.17) is 0 Å². The third kappa shape index (κ3) is 4.65. The van der Waals surface area contributed by atoms with Crippen LogP contribution in [0.15, 0.2) is 104 Å². The number of nitrogens with zero attached hydrogens (tertiary/aromatic N) is 1. The number of rotatable bonds is 8. The molecule has 0 saturated heterocycles. The molecular formula is C29H24FN3O. The van der Waals surface area contributed by atoms with Crippen LogP contribution in [-0.2, 0) is 6.42 Å². The van der Waals surface area contributed by atoms with Gasteiger partial charge in [-0.15, -0.1) is 0 Å². The van der Waals surface area contributed by atoms with Gasteiger partial charge >= 0.3 is 0 Å². The maximum Gasteiger partial charge on any atom is 0.186 e. The number of carbonyl (C=O) groups is 1. The molecule has 0 aliphatic heterocycles. The number of aromatic amines is 1. The summed E-state index contributed by atoms with van der Waals surface area (Å²) in [5.74, 6) is -0.245. The molecular weight excluding hydrogens is 425 g/mol. The van der Waals surface area contributed by atoms with Crippen LogP contribution in [0.25, 0.3) is 22.0 Å². The van der Waals surface area contributed by atoms with E-state index in [-0.39, 0.29) is 11.6 Å². The van der Waals surface area contributed by atoms with Gasteiger partial charge in [-0.1, -0.05) is 60.7 Å². The third-order valence-electron chi connectivity index (χ3n) is 6.01. The first-order valence-corrected chi connectivity index (χ1v) is 11.3. The lowest BCUT2D eigenvalue weighted by atomic mass is 9.96. The third-order valence-corrected chi connectivity index (χ3v) is 6.01. The standard InChI is InChI=1S/C29H24FN3O/c30-24-11-8-20(9-12-24)14-16-32-28(21-5-2-1-3-6-21)29(34)26-19-33-27-17-22(10-13-25(26)27)23-7-4-15-31-18-23/h1-13,15,17-19,28,32-33H,14,16H2/t28-/m1/s1. The van der Waals surface area contributed by atoms with Crippen LogP contribution in [-0.4, -0.2) is 22.3 Å². The van der Waals surface area contributed by atoms with Crippen molar-refractivity contribution in [3.05, 3.63) is 126 Å². The Morgan fingerprint density at radius 3 is 2.53 bits per heavy atom. The fourth-order valence-electron chi connectivity index (χ4n) is 4.22. The number of pyridine rings is 1. The molecule has 0 saturated carbocycles. The number of fused-ring (bicyclic) bond motifs is 1. The Balaban J connectivity index is 1.40. The maximum absolute atomic E-state index is 13.7. The number of halogens is 1. The lowest BCUT2D eigenvalue weighted by molar-refractivity contribution is 0.0945. The Morgan fingerprint density at radius 2 is 1.76 bits per heavy atom. The number of benzene rings is 3. The fourth-order valence-corrected chi connectivity index (χ4v) is 4.22. The van der Waals surface area contributed by atoms with Crippen LogP contribution >= 0.6 is 0 Å². The number of aromatic nitrogens is 2. The van der Waals surface area contributed by atoms with Crippen molar-refractivity contribution in [2.45, 2.75) is 12.5 Å². The Bertz CT molecular complexity index is 1400. The molecule has 4 nitrogen and oxygen atoms in total. The molecule has 2 aromatic heterocycles. The Kier molecular flexibility index (Phi) is 6.27. The number of nitrogens with one attached hydrogen (secondary N) is 2. The molecule has 3 aromatic carbocycles. The van der Waals surface area contributed by atoms with Gasteiger partial charge in [-0.2, -0.15) is 0 Å². The fraction of sp³-hybridized carbons (Fsp3) is 0.103.